The van der Waals surface area contributed by atoms with Gasteiger partial charge in [0.05, 0.1) is 32.8 Å². The number of methoxy groups -OCH3 is 2. The first-order valence-electron chi connectivity index (χ1n) is 11.4. The first-order chi connectivity index (χ1) is 17.0. The molecule has 0 unspecified atom stereocenters. The van der Waals surface area contributed by atoms with Crippen LogP contribution in [0.5, 0.6) is 17.2 Å². The Bertz CT molecular complexity index is 1400. The van der Waals surface area contributed by atoms with Crippen molar-refractivity contribution in [3.8, 4) is 28.4 Å². The molecule has 1 N–H and O–H groups in total. The number of fused-ring (bicyclic) bond motifs is 1. The maximum absolute atomic E-state index is 12.9. The van der Waals surface area contributed by atoms with E-state index in [4.69, 9.17) is 18.6 Å². The van der Waals surface area contributed by atoms with E-state index < -0.39 is 0 Å². The zero-order valence-corrected chi connectivity index (χ0v) is 20.6. The molecule has 0 fully saturated rings. The fraction of sp³-hybridized carbons (Fsp3) is 0.207. The normalized spacial score (nSPS) is 11.4. The minimum absolute atomic E-state index is 0.260. The average molecular weight is 472 g/mol. The zero-order valence-electron chi connectivity index (χ0n) is 20.6. The van der Waals surface area contributed by atoms with Crippen LogP contribution in [0.4, 0.5) is 5.69 Å². The molecule has 1 amide bonds. The third-order valence-electron chi connectivity index (χ3n) is 5.87. The first kappa shape index (κ1) is 24.0. The number of para-hydroxylation sites is 3. The van der Waals surface area contributed by atoms with Gasteiger partial charge in [0.2, 0.25) is 5.91 Å². The van der Waals surface area contributed by atoms with Crippen molar-refractivity contribution in [3.63, 3.8) is 0 Å². The number of amides is 1. The standard InChI is InChI=1S/C29H29NO5/c1-6-34-28-19(3)29-22(23(17-35-29)20-11-7-9-13-25(20)32-4)16-21(28)18(2)15-27(31)30-24-12-8-10-14-26(24)33-5/h7-17H,6H2,1-5H3,(H,30,31)/b18-15+. The van der Waals surface area contributed by atoms with E-state index in [1.807, 2.05) is 63.2 Å². The molecule has 0 aliphatic carbocycles. The highest BCUT2D eigenvalue weighted by molar-refractivity contribution is 6.06. The quantitative estimate of drug-likeness (QED) is 0.284. The van der Waals surface area contributed by atoms with Gasteiger partial charge in [-0.15, -0.1) is 0 Å². The Hall–Kier alpha value is -4.19. The van der Waals surface area contributed by atoms with Gasteiger partial charge in [-0.2, -0.15) is 0 Å². The highest BCUT2D eigenvalue weighted by Crippen LogP contribution is 2.42. The summed E-state index contributed by atoms with van der Waals surface area (Å²) in [6.45, 7) is 6.28. The highest BCUT2D eigenvalue weighted by atomic mass is 16.5. The van der Waals surface area contributed by atoms with Crippen molar-refractivity contribution in [3.05, 3.63) is 78.1 Å². The van der Waals surface area contributed by atoms with Gasteiger partial charge in [0.25, 0.3) is 0 Å². The molecule has 0 bridgehead atoms. The maximum Gasteiger partial charge on any atom is 0.248 e. The van der Waals surface area contributed by atoms with Crippen LogP contribution in [0.15, 0.2) is 71.4 Å². The Morgan fingerprint density at radius 1 is 1.00 bits per heavy atom. The molecule has 0 atom stereocenters. The molecule has 180 valence electrons. The summed E-state index contributed by atoms with van der Waals surface area (Å²) in [4.78, 5) is 12.9. The lowest BCUT2D eigenvalue weighted by Gasteiger charge is -2.15. The van der Waals surface area contributed by atoms with Crippen molar-refractivity contribution in [1.29, 1.82) is 0 Å². The van der Waals surface area contributed by atoms with Gasteiger partial charge >= 0.3 is 0 Å². The summed E-state index contributed by atoms with van der Waals surface area (Å²) >= 11 is 0. The number of hydrogen-bond acceptors (Lipinski definition) is 5. The second-order valence-electron chi connectivity index (χ2n) is 8.05. The van der Waals surface area contributed by atoms with E-state index >= 15 is 0 Å². The maximum atomic E-state index is 12.9. The number of hydrogen-bond donors (Lipinski definition) is 1. The Morgan fingerprint density at radius 3 is 2.40 bits per heavy atom. The molecule has 4 rings (SSSR count). The van der Waals surface area contributed by atoms with E-state index in [1.54, 1.807) is 38.7 Å². The summed E-state index contributed by atoms with van der Waals surface area (Å²) in [5, 5.41) is 3.82. The molecular formula is C29H29NO5. The van der Waals surface area contributed by atoms with E-state index in [1.165, 1.54) is 0 Å². The molecule has 4 aromatic rings. The number of rotatable bonds is 8. The molecule has 0 aliphatic rings. The van der Waals surface area contributed by atoms with Crippen LogP contribution in [0, 0.1) is 6.92 Å². The third-order valence-corrected chi connectivity index (χ3v) is 5.87. The fourth-order valence-electron chi connectivity index (χ4n) is 4.21. The lowest BCUT2D eigenvalue weighted by Crippen LogP contribution is -2.10. The number of nitrogens with one attached hydrogen (secondary N) is 1. The van der Waals surface area contributed by atoms with E-state index in [0.29, 0.717) is 23.8 Å². The van der Waals surface area contributed by atoms with Gasteiger partial charge in [-0.1, -0.05) is 30.3 Å². The number of aryl methyl sites for hydroxylation is 1. The second-order valence-corrected chi connectivity index (χ2v) is 8.05. The van der Waals surface area contributed by atoms with Crippen LogP contribution in [0.1, 0.15) is 25.0 Å². The molecular weight excluding hydrogens is 442 g/mol. The topological polar surface area (TPSA) is 69.9 Å². The smallest absolute Gasteiger partial charge is 0.248 e. The van der Waals surface area contributed by atoms with Gasteiger partial charge < -0.3 is 23.9 Å². The molecule has 6 heteroatoms. The molecule has 0 aliphatic heterocycles. The number of furan rings is 1. The molecule has 1 aromatic heterocycles. The average Bonchev–Trinajstić information content (AvgIpc) is 3.30. The number of anilines is 1. The van der Waals surface area contributed by atoms with Crippen molar-refractivity contribution in [2.75, 3.05) is 26.1 Å². The Balaban J connectivity index is 1.80. The summed E-state index contributed by atoms with van der Waals surface area (Å²) in [7, 11) is 3.22. The summed E-state index contributed by atoms with van der Waals surface area (Å²) in [6.07, 6.45) is 3.31. The fourth-order valence-corrected chi connectivity index (χ4v) is 4.21. The summed E-state index contributed by atoms with van der Waals surface area (Å²) < 4.78 is 22.9. The number of benzene rings is 3. The van der Waals surface area contributed by atoms with Crippen LogP contribution >= 0.6 is 0 Å². The minimum Gasteiger partial charge on any atom is -0.496 e. The predicted octanol–water partition coefficient (Wildman–Crippen LogP) is 6.87. The molecule has 6 nitrogen and oxygen atoms in total. The van der Waals surface area contributed by atoms with Gasteiger partial charge in [0.15, 0.2) is 0 Å². The van der Waals surface area contributed by atoms with E-state index in [-0.39, 0.29) is 5.91 Å². The number of carbonyl (C=O) groups is 1. The van der Waals surface area contributed by atoms with Crippen LogP contribution in [0.25, 0.3) is 27.7 Å². The van der Waals surface area contributed by atoms with Crippen LogP contribution in [-0.2, 0) is 4.79 Å². The highest BCUT2D eigenvalue weighted by Gasteiger charge is 2.20. The molecule has 0 saturated carbocycles. The Kier molecular flexibility index (Phi) is 7.11. The van der Waals surface area contributed by atoms with Crippen LogP contribution in [-0.4, -0.2) is 26.7 Å². The van der Waals surface area contributed by atoms with Gasteiger partial charge in [-0.05, 0) is 50.6 Å². The minimum atomic E-state index is -0.260. The Morgan fingerprint density at radius 2 is 1.69 bits per heavy atom. The van der Waals surface area contributed by atoms with Crippen molar-refractivity contribution in [2.45, 2.75) is 20.8 Å². The summed E-state index contributed by atoms with van der Waals surface area (Å²) in [6, 6.07) is 17.1. The van der Waals surface area contributed by atoms with Gasteiger partial charge in [0.1, 0.15) is 22.8 Å². The Labute approximate surface area is 205 Å². The van der Waals surface area contributed by atoms with E-state index in [2.05, 4.69) is 5.32 Å². The number of ether oxygens (including phenoxy) is 3. The number of allylic oxidation sites excluding steroid dienone is 1. The van der Waals surface area contributed by atoms with Crippen molar-refractivity contribution < 1.29 is 23.4 Å². The largest absolute Gasteiger partial charge is 0.496 e. The monoisotopic (exact) mass is 471 g/mol. The lowest BCUT2D eigenvalue weighted by atomic mass is 9.96. The summed E-state index contributed by atoms with van der Waals surface area (Å²) in [5.41, 5.74) is 5.65. The van der Waals surface area contributed by atoms with Crippen LogP contribution in [0.3, 0.4) is 0 Å². The van der Waals surface area contributed by atoms with Gasteiger partial charge in [0, 0.05) is 33.7 Å². The molecule has 0 radical (unpaired) electrons. The van der Waals surface area contributed by atoms with Crippen molar-refractivity contribution in [2.24, 2.45) is 0 Å². The molecule has 3 aromatic carbocycles. The molecule has 35 heavy (non-hydrogen) atoms. The van der Waals surface area contributed by atoms with Crippen LogP contribution < -0.4 is 19.5 Å². The third kappa shape index (κ3) is 4.73. The predicted molar refractivity (Wildman–Crippen MR) is 139 cm³/mol. The van der Waals surface area contributed by atoms with E-state index in [0.717, 1.165) is 44.5 Å². The van der Waals surface area contributed by atoms with Gasteiger partial charge in [-0.25, -0.2) is 0 Å². The van der Waals surface area contributed by atoms with E-state index in [9.17, 15) is 4.79 Å². The zero-order chi connectivity index (χ0) is 24.9. The first-order valence-corrected chi connectivity index (χ1v) is 11.4. The van der Waals surface area contributed by atoms with Crippen molar-refractivity contribution >= 4 is 28.1 Å². The SMILES string of the molecule is CCOc1c(/C(C)=C/C(=O)Nc2ccccc2OC)cc2c(-c3ccccc3OC)coc2c1C. The molecule has 1 heterocycles. The molecule has 0 spiro atoms. The lowest BCUT2D eigenvalue weighted by molar-refractivity contribution is -0.111. The number of carbonyl (C=O) groups excluding carboxylic acids is 1. The second kappa shape index (κ2) is 10.4. The summed E-state index contributed by atoms with van der Waals surface area (Å²) in [5.74, 6) is 1.79. The van der Waals surface area contributed by atoms with Crippen molar-refractivity contribution in [1.82, 2.24) is 0 Å². The molecule has 0 saturated heterocycles. The van der Waals surface area contributed by atoms with Crippen LogP contribution in [0.2, 0.25) is 0 Å². The van der Waals surface area contributed by atoms with Gasteiger partial charge in [-0.3, -0.25) is 4.79 Å².